The Kier molecular flexibility index (Phi) is 11.9. The van der Waals surface area contributed by atoms with Crippen molar-refractivity contribution in [3.63, 3.8) is 0 Å². The lowest BCUT2D eigenvalue weighted by atomic mass is 9.98. The van der Waals surface area contributed by atoms with Crippen LogP contribution in [0.5, 0.6) is 0 Å². The van der Waals surface area contributed by atoms with Gasteiger partial charge in [-0.2, -0.15) is 5.10 Å². The van der Waals surface area contributed by atoms with Gasteiger partial charge in [-0.1, -0.05) is 62.4 Å². The largest absolute Gasteiger partial charge is 0.381 e. The summed E-state index contributed by atoms with van der Waals surface area (Å²) in [5.74, 6) is 1.37. The molecule has 1 aromatic heterocycles. The maximum Gasteiger partial charge on any atom is 0.191 e. The first-order chi connectivity index (χ1) is 15.7. The molecular formula is C25H35IN6O. The monoisotopic (exact) mass is 562 g/mol. The quantitative estimate of drug-likeness (QED) is 0.158. The molecule has 3 aromatic rings. The summed E-state index contributed by atoms with van der Waals surface area (Å²) in [7, 11) is 1.80. The van der Waals surface area contributed by atoms with Gasteiger partial charge < -0.3 is 15.4 Å². The van der Waals surface area contributed by atoms with Gasteiger partial charge >= 0.3 is 0 Å². The number of aromatic nitrogens is 3. The highest BCUT2D eigenvalue weighted by atomic mass is 127. The SMILES string of the molecule is CN=C(NCCCOCC(C)C)NCc1ccccc1-c1ccc(Cn2cncn2)cc1.I. The van der Waals surface area contributed by atoms with E-state index >= 15 is 0 Å². The van der Waals surface area contributed by atoms with Crippen LogP contribution in [0.1, 0.15) is 31.4 Å². The van der Waals surface area contributed by atoms with Crippen molar-refractivity contribution in [2.45, 2.75) is 33.4 Å². The second-order valence-corrected chi connectivity index (χ2v) is 8.12. The number of benzene rings is 2. The van der Waals surface area contributed by atoms with Crippen molar-refractivity contribution in [2.24, 2.45) is 10.9 Å². The van der Waals surface area contributed by atoms with Gasteiger partial charge in [-0.05, 0) is 34.6 Å². The Hall–Kier alpha value is -2.46. The van der Waals surface area contributed by atoms with Gasteiger partial charge in [-0.25, -0.2) is 9.67 Å². The summed E-state index contributed by atoms with van der Waals surface area (Å²) < 4.78 is 7.46. The molecule has 0 amide bonds. The summed E-state index contributed by atoms with van der Waals surface area (Å²) >= 11 is 0. The number of guanidine groups is 1. The average Bonchev–Trinajstić information content (AvgIpc) is 3.32. The normalized spacial score (nSPS) is 11.3. The lowest BCUT2D eigenvalue weighted by Gasteiger charge is -2.15. The summed E-state index contributed by atoms with van der Waals surface area (Å²) in [6, 6.07) is 17.1. The van der Waals surface area contributed by atoms with Crippen molar-refractivity contribution < 1.29 is 4.74 Å². The number of ether oxygens (including phenoxy) is 1. The molecule has 0 radical (unpaired) electrons. The maximum absolute atomic E-state index is 5.63. The first kappa shape index (κ1) is 26.8. The van der Waals surface area contributed by atoms with Crippen LogP contribution in [0, 0.1) is 5.92 Å². The highest BCUT2D eigenvalue weighted by Crippen LogP contribution is 2.24. The minimum Gasteiger partial charge on any atom is -0.381 e. The topological polar surface area (TPSA) is 76.4 Å². The van der Waals surface area contributed by atoms with Crippen molar-refractivity contribution in [1.29, 1.82) is 0 Å². The van der Waals surface area contributed by atoms with E-state index < -0.39 is 0 Å². The van der Waals surface area contributed by atoms with Crippen molar-refractivity contribution in [2.75, 3.05) is 26.8 Å². The molecule has 2 aromatic carbocycles. The molecule has 8 heteroatoms. The van der Waals surface area contributed by atoms with E-state index in [1.165, 1.54) is 22.3 Å². The maximum atomic E-state index is 5.63. The number of hydrogen-bond acceptors (Lipinski definition) is 4. The molecule has 0 atom stereocenters. The third-order valence-corrected chi connectivity index (χ3v) is 4.97. The fourth-order valence-electron chi connectivity index (χ4n) is 3.35. The van der Waals surface area contributed by atoms with Crippen LogP contribution in [0.4, 0.5) is 0 Å². The molecule has 0 unspecified atom stereocenters. The van der Waals surface area contributed by atoms with Gasteiger partial charge in [0.1, 0.15) is 12.7 Å². The molecule has 0 fully saturated rings. The molecule has 0 aliphatic rings. The number of halogens is 1. The summed E-state index contributed by atoms with van der Waals surface area (Å²) in [5.41, 5.74) is 4.82. The molecule has 3 rings (SSSR count). The number of nitrogens with one attached hydrogen (secondary N) is 2. The minimum absolute atomic E-state index is 0. The summed E-state index contributed by atoms with van der Waals surface area (Å²) in [6.07, 6.45) is 4.24. The standard InChI is InChI=1S/C25H34N6O.HI/c1-20(2)17-32-14-6-13-28-25(26-3)29-15-23-7-4-5-8-24(23)22-11-9-21(10-12-22)16-31-19-27-18-30-31;/h4-5,7-12,18-20H,6,13-17H2,1-3H3,(H2,26,28,29);1H. The van der Waals surface area contributed by atoms with Gasteiger partial charge in [0.25, 0.3) is 0 Å². The zero-order valence-electron chi connectivity index (χ0n) is 19.7. The average molecular weight is 563 g/mol. The van der Waals surface area contributed by atoms with Gasteiger partial charge in [0.15, 0.2) is 5.96 Å². The van der Waals surface area contributed by atoms with E-state index in [0.29, 0.717) is 19.0 Å². The fourth-order valence-corrected chi connectivity index (χ4v) is 3.35. The van der Waals surface area contributed by atoms with E-state index in [1.54, 1.807) is 19.7 Å². The lowest BCUT2D eigenvalue weighted by Crippen LogP contribution is -2.37. The second kappa shape index (κ2) is 14.6. The van der Waals surface area contributed by atoms with Crippen molar-refractivity contribution >= 4 is 29.9 Å². The van der Waals surface area contributed by atoms with Crippen LogP contribution in [0.25, 0.3) is 11.1 Å². The van der Waals surface area contributed by atoms with Crippen LogP contribution < -0.4 is 10.6 Å². The highest BCUT2D eigenvalue weighted by Gasteiger charge is 2.06. The van der Waals surface area contributed by atoms with Crippen molar-refractivity contribution in [3.8, 4) is 11.1 Å². The number of nitrogens with zero attached hydrogens (tertiary/aromatic N) is 4. The molecule has 1 heterocycles. The van der Waals surface area contributed by atoms with E-state index in [0.717, 1.165) is 32.1 Å². The van der Waals surface area contributed by atoms with Crippen molar-refractivity contribution in [3.05, 3.63) is 72.3 Å². The number of rotatable bonds is 11. The Labute approximate surface area is 214 Å². The minimum atomic E-state index is 0. The van der Waals surface area contributed by atoms with E-state index in [9.17, 15) is 0 Å². The Morgan fingerprint density at radius 1 is 1.09 bits per heavy atom. The third kappa shape index (κ3) is 9.13. The van der Waals surface area contributed by atoms with Gasteiger partial charge in [-0.15, -0.1) is 24.0 Å². The molecule has 0 aliphatic heterocycles. The van der Waals surface area contributed by atoms with E-state index in [4.69, 9.17) is 4.74 Å². The van der Waals surface area contributed by atoms with Crippen LogP contribution in [-0.4, -0.2) is 47.5 Å². The van der Waals surface area contributed by atoms with Gasteiger partial charge in [0.05, 0.1) is 6.54 Å². The molecule has 0 saturated carbocycles. The Balaban J connectivity index is 0.00000385. The van der Waals surface area contributed by atoms with E-state index in [1.807, 2.05) is 4.68 Å². The van der Waals surface area contributed by atoms with Gasteiger partial charge in [0.2, 0.25) is 0 Å². The molecule has 33 heavy (non-hydrogen) atoms. The lowest BCUT2D eigenvalue weighted by molar-refractivity contribution is 0.108. The molecule has 0 bridgehead atoms. The first-order valence-electron chi connectivity index (χ1n) is 11.2. The van der Waals surface area contributed by atoms with E-state index in [2.05, 4.69) is 88.1 Å². The Morgan fingerprint density at radius 2 is 1.88 bits per heavy atom. The second-order valence-electron chi connectivity index (χ2n) is 8.12. The molecule has 7 nitrogen and oxygen atoms in total. The number of aliphatic imine (C=N–C) groups is 1. The molecular weight excluding hydrogens is 527 g/mol. The smallest absolute Gasteiger partial charge is 0.191 e. The van der Waals surface area contributed by atoms with Crippen LogP contribution in [0.15, 0.2) is 66.2 Å². The van der Waals surface area contributed by atoms with Crippen LogP contribution in [0.3, 0.4) is 0 Å². The molecule has 0 aliphatic carbocycles. The Bertz CT molecular complexity index is 957. The van der Waals surface area contributed by atoms with Crippen LogP contribution >= 0.6 is 24.0 Å². The summed E-state index contributed by atoms with van der Waals surface area (Å²) in [5, 5.41) is 11.0. The molecule has 178 valence electrons. The van der Waals surface area contributed by atoms with Gasteiger partial charge in [-0.3, -0.25) is 4.99 Å². The third-order valence-electron chi connectivity index (χ3n) is 4.97. The molecule has 2 N–H and O–H groups in total. The Morgan fingerprint density at radius 3 is 2.58 bits per heavy atom. The van der Waals surface area contributed by atoms with Gasteiger partial charge in [0, 0.05) is 33.4 Å². The predicted octanol–water partition coefficient (Wildman–Crippen LogP) is 4.34. The van der Waals surface area contributed by atoms with Crippen molar-refractivity contribution in [1.82, 2.24) is 25.4 Å². The zero-order valence-corrected chi connectivity index (χ0v) is 22.0. The summed E-state index contributed by atoms with van der Waals surface area (Å²) in [6.45, 7) is 8.13. The summed E-state index contributed by atoms with van der Waals surface area (Å²) in [4.78, 5) is 8.34. The fraction of sp³-hybridized carbons (Fsp3) is 0.400. The first-order valence-corrected chi connectivity index (χ1v) is 11.2. The molecule has 0 saturated heterocycles. The van der Waals surface area contributed by atoms with Crippen LogP contribution in [0.2, 0.25) is 0 Å². The highest BCUT2D eigenvalue weighted by molar-refractivity contribution is 14.0. The number of hydrogen-bond donors (Lipinski definition) is 2. The predicted molar refractivity (Wildman–Crippen MR) is 145 cm³/mol. The molecule has 0 spiro atoms. The zero-order chi connectivity index (χ0) is 22.6. The van der Waals surface area contributed by atoms with Crippen LogP contribution in [-0.2, 0) is 17.8 Å². The van der Waals surface area contributed by atoms with E-state index in [-0.39, 0.29) is 24.0 Å².